The first-order valence-electron chi connectivity index (χ1n) is 8.60. The third kappa shape index (κ3) is 4.58. The SMILES string of the molecule is O=C(NCC1CC=CCC1)c1ccccc1SCc1occc1C(=O)O. The van der Waals surface area contributed by atoms with Crippen LogP contribution >= 0.6 is 11.8 Å². The molecule has 1 aromatic carbocycles. The van der Waals surface area contributed by atoms with Gasteiger partial charge < -0.3 is 14.8 Å². The fourth-order valence-electron chi connectivity index (χ4n) is 2.94. The summed E-state index contributed by atoms with van der Waals surface area (Å²) in [4.78, 5) is 24.6. The Morgan fingerprint density at radius 3 is 2.81 bits per heavy atom. The van der Waals surface area contributed by atoms with Crippen molar-refractivity contribution >= 4 is 23.6 Å². The molecule has 1 aliphatic carbocycles. The third-order valence-electron chi connectivity index (χ3n) is 4.40. The molecule has 2 N–H and O–H groups in total. The molecule has 1 aromatic heterocycles. The summed E-state index contributed by atoms with van der Waals surface area (Å²) in [6, 6.07) is 8.80. The zero-order valence-corrected chi connectivity index (χ0v) is 15.1. The van der Waals surface area contributed by atoms with Crippen LogP contribution in [0.4, 0.5) is 0 Å². The first kappa shape index (κ1) is 18.3. The van der Waals surface area contributed by atoms with Crippen LogP contribution in [0, 0.1) is 5.92 Å². The second-order valence-corrected chi connectivity index (χ2v) is 7.23. The van der Waals surface area contributed by atoms with Crippen molar-refractivity contribution in [1.29, 1.82) is 0 Å². The summed E-state index contributed by atoms with van der Waals surface area (Å²) < 4.78 is 5.27. The van der Waals surface area contributed by atoms with Gasteiger partial charge >= 0.3 is 5.97 Å². The molecule has 0 saturated heterocycles. The number of carboxylic acids is 1. The highest BCUT2D eigenvalue weighted by molar-refractivity contribution is 7.98. The van der Waals surface area contributed by atoms with Crippen molar-refractivity contribution in [3.63, 3.8) is 0 Å². The summed E-state index contributed by atoms with van der Waals surface area (Å²) in [5.74, 6) is 0.131. The number of furan rings is 1. The van der Waals surface area contributed by atoms with Crippen LogP contribution in [0.2, 0.25) is 0 Å². The van der Waals surface area contributed by atoms with E-state index in [2.05, 4.69) is 17.5 Å². The molecule has 6 heteroatoms. The number of carboxylic acid groups (broad SMARTS) is 1. The Hall–Kier alpha value is -2.47. The number of benzene rings is 1. The van der Waals surface area contributed by atoms with E-state index < -0.39 is 5.97 Å². The zero-order chi connectivity index (χ0) is 18.4. The van der Waals surface area contributed by atoms with E-state index in [0.717, 1.165) is 24.2 Å². The molecule has 1 unspecified atom stereocenters. The monoisotopic (exact) mass is 371 g/mol. The van der Waals surface area contributed by atoms with Gasteiger partial charge in [0.15, 0.2) is 0 Å². The van der Waals surface area contributed by atoms with Crippen LogP contribution in [0.1, 0.15) is 45.7 Å². The van der Waals surface area contributed by atoms with Gasteiger partial charge in [-0.3, -0.25) is 4.79 Å². The molecule has 5 nitrogen and oxygen atoms in total. The summed E-state index contributed by atoms with van der Waals surface area (Å²) in [6.07, 6.45) is 8.91. The number of amides is 1. The lowest BCUT2D eigenvalue weighted by atomic mass is 9.94. The predicted molar refractivity (Wildman–Crippen MR) is 100 cm³/mol. The molecule has 0 bridgehead atoms. The van der Waals surface area contributed by atoms with E-state index in [9.17, 15) is 9.59 Å². The van der Waals surface area contributed by atoms with E-state index in [-0.39, 0.29) is 11.5 Å². The highest BCUT2D eigenvalue weighted by Crippen LogP contribution is 2.28. The van der Waals surface area contributed by atoms with Crippen molar-refractivity contribution in [1.82, 2.24) is 5.32 Å². The summed E-state index contributed by atoms with van der Waals surface area (Å²) in [6.45, 7) is 0.670. The Labute approximate surface area is 156 Å². The number of carbonyl (C=O) groups is 2. The van der Waals surface area contributed by atoms with Gasteiger partial charge in [-0.15, -0.1) is 11.8 Å². The maximum atomic E-state index is 12.6. The number of hydrogen-bond acceptors (Lipinski definition) is 4. The molecule has 0 radical (unpaired) electrons. The summed E-state index contributed by atoms with van der Waals surface area (Å²) >= 11 is 1.40. The van der Waals surface area contributed by atoms with Gasteiger partial charge in [-0.2, -0.15) is 0 Å². The molecule has 2 aromatic rings. The van der Waals surface area contributed by atoms with Crippen molar-refractivity contribution < 1.29 is 19.1 Å². The Kier molecular flexibility index (Phi) is 6.17. The van der Waals surface area contributed by atoms with Crippen molar-refractivity contribution in [3.8, 4) is 0 Å². The molecule has 0 aliphatic heterocycles. The van der Waals surface area contributed by atoms with Gasteiger partial charge in [0.1, 0.15) is 11.3 Å². The van der Waals surface area contributed by atoms with Crippen LogP contribution in [0.5, 0.6) is 0 Å². The lowest BCUT2D eigenvalue weighted by Gasteiger charge is -2.18. The van der Waals surface area contributed by atoms with Crippen LogP contribution in [0.3, 0.4) is 0 Å². The van der Waals surface area contributed by atoms with E-state index >= 15 is 0 Å². The van der Waals surface area contributed by atoms with E-state index in [4.69, 9.17) is 9.52 Å². The molecule has 136 valence electrons. The Balaban J connectivity index is 1.63. The van der Waals surface area contributed by atoms with Crippen LogP contribution in [0.25, 0.3) is 0 Å². The highest BCUT2D eigenvalue weighted by atomic mass is 32.2. The Bertz CT molecular complexity index is 812. The highest BCUT2D eigenvalue weighted by Gasteiger charge is 2.17. The van der Waals surface area contributed by atoms with Gasteiger partial charge in [-0.05, 0) is 43.4 Å². The molecule has 3 rings (SSSR count). The smallest absolute Gasteiger partial charge is 0.339 e. The number of hydrogen-bond donors (Lipinski definition) is 2. The number of rotatable bonds is 7. The molecule has 0 spiro atoms. The largest absolute Gasteiger partial charge is 0.478 e. The first-order valence-corrected chi connectivity index (χ1v) is 9.58. The van der Waals surface area contributed by atoms with Crippen LogP contribution in [-0.4, -0.2) is 23.5 Å². The Morgan fingerprint density at radius 1 is 1.19 bits per heavy atom. The normalized spacial score (nSPS) is 16.4. The summed E-state index contributed by atoms with van der Waals surface area (Å²) in [5.41, 5.74) is 0.761. The fraction of sp³-hybridized carbons (Fsp3) is 0.300. The zero-order valence-electron chi connectivity index (χ0n) is 14.3. The number of allylic oxidation sites excluding steroid dienone is 2. The van der Waals surface area contributed by atoms with Gasteiger partial charge in [0.05, 0.1) is 17.6 Å². The van der Waals surface area contributed by atoms with Gasteiger partial charge in [0.25, 0.3) is 5.91 Å². The minimum absolute atomic E-state index is 0.0967. The van der Waals surface area contributed by atoms with Crippen molar-refractivity contribution in [3.05, 3.63) is 65.6 Å². The minimum atomic E-state index is -1.01. The fourth-order valence-corrected chi connectivity index (χ4v) is 3.94. The summed E-state index contributed by atoms with van der Waals surface area (Å²) in [5, 5.41) is 12.2. The number of carbonyl (C=O) groups excluding carboxylic acids is 1. The van der Waals surface area contributed by atoms with E-state index in [1.807, 2.05) is 18.2 Å². The lowest BCUT2D eigenvalue weighted by molar-refractivity contribution is 0.0694. The molecular weight excluding hydrogens is 350 g/mol. The van der Waals surface area contributed by atoms with Crippen molar-refractivity contribution in [2.45, 2.75) is 29.9 Å². The number of nitrogens with one attached hydrogen (secondary N) is 1. The standard InChI is InChI=1S/C20H21NO4S/c22-19(21-12-14-6-2-1-3-7-14)16-8-4-5-9-18(16)26-13-17-15(20(23)24)10-11-25-17/h1-2,4-5,8-11,14H,3,6-7,12-13H2,(H,21,22)(H,23,24). The molecule has 1 atom stereocenters. The van der Waals surface area contributed by atoms with E-state index in [0.29, 0.717) is 29.5 Å². The minimum Gasteiger partial charge on any atom is -0.478 e. The van der Waals surface area contributed by atoms with Gasteiger partial charge in [0, 0.05) is 11.4 Å². The van der Waals surface area contributed by atoms with Gasteiger partial charge in [0.2, 0.25) is 0 Å². The van der Waals surface area contributed by atoms with Gasteiger partial charge in [-0.1, -0.05) is 24.3 Å². The predicted octanol–water partition coefficient (Wildman–Crippen LogP) is 4.36. The van der Waals surface area contributed by atoms with Crippen LogP contribution in [0.15, 0.2) is 58.1 Å². The lowest BCUT2D eigenvalue weighted by Crippen LogP contribution is -2.30. The third-order valence-corrected chi connectivity index (χ3v) is 5.47. The molecule has 0 fully saturated rings. The molecule has 1 aliphatic rings. The van der Waals surface area contributed by atoms with Crippen LogP contribution < -0.4 is 5.32 Å². The van der Waals surface area contributed by atoms with E-state index in [1.54, 1.807) is 6.07 Å². The van der Waals surface area contributed by atoms with Crippen LogP contribution in [-0.2, 0) is 5.75 Å². The maximum Gasteiger partial charge on any atom is 0.339 e. The Morgan fingerprint density at radius 2 is 2.04 bits per heavy atom. The number of aromatic carboxylic acids is 1. The second kappa shape index (κ2) is 8.76. The molecule has 0 saturated carbocycles. The van der Waals surface area contributed by atoms with Gasteiger partial charge in [-0.25, -0.2) is 4.79 Å². The topological polar surface area (TPSA) is 79.5 Å². The maximum absolute atomic E-state index is 12.6. The van der Waals surface area contributed by atoms with Crippen molar-refractivity contribution in [2.24, 2.45) is 5.92 Å². The molecular formula is C20H21NO4S. The number of thioether (sulfide) groups is 1. The molecule has 1 amide bonds. The molecule has 1 heterocycles. The summed E-state index contributed by atoms with van der Waals surface area (Å²) in [7, 11) is 0. The molecule has 26 heavy (non-hydrogen) atoms. The first-order chi connectivity index (χ1) is 12.6. The quantitative estimate of drug-likeness (QED) is 0.558. The average molecular weight is 371 g/mol. The second-order valence-electron chi connectivity index (χ2n) is 6.21. The average Bonchev–Trinajstić information content (AvgIpc) is 3.14. The van der Waals surface area contributed by atoms with E-state index in [1.165, 1.54) is 24.1 Å². The van der Waals surface area contributed by atoms with Crippen molar-refractivity contribution in [2.75, 3.05) is 6.54 Å².